The van der Waals surface area contributed by atoms with Crippen LogP contribution in [-0.4, -0.2) is 8.42 Å². The van der Waals surface area contributed by atoms with Crippen molar-refractivity contribution in [1.82, 2.24) is 4.72 Å². The van der Waals surface area contributed by atoms with Gasteiger partial charge >= 0.3 is 0 Å². The van der Waals surface area contributed by atoms with Crippen LogP contribution in [0.1, 0.15) is 28.8 Å². The lowest BCUT2D eigenvalue weighted by Crippen LogP contribution is -2.36. The van der Waals surface area contributed by atoms with Crippen LogP contribution < -0.4 is 24.7 Å². The van der Waals surface area contributed by atoms with E-state index >= 15 is 0 Å². The first kappa shape index (κ1) is 31.6. The third-order valence-electron chi connectivity index (χ3n) is 7.41. The van der Waals surface area contributed by atoms with E-state index in [1.54, 1.807) is 36.4 Å². The Balaban J connectivity index is 1.42. The highest BCUT2D eigenvalue weighted by atomic mass is 32.2. The van der Waals surface area contributed by atoms with Gasteiger partial charge in [-0.2, -0.15) is 0 Å². The molecule has 2 atom stereocenters. The molecule has 6 aromatic carbocycles. The summed E-state index contributed by atoms with van der Waals surface area (Å²) >= 11 is 0. The van der Waals surface area contributed by atoms with Crippen LogP contribution >= 0.6 is 0 Å². The molecule has 0 bridgehead atoms. The van der Waals surface area contributed by atoms with Gasteiger partial charge in [0, 0.05) is 12.1 Å². The molecule has 8 heteroatoms. The SMILES string of the molecule is NC(c1ccccc1)C(NS(=O)(=O)Cc1c(Oc2ccccc2)cc(Oc2ccccc2)cc1Oc1ccccc1)c1ccccc1. The summed E-state index contributed by atoms with van der Waals surface area (Å²) in [6, 6.07) is 48.3. The van der Waals surface area contributed by atoms with Gasteiger partial charge in [0.05, 0.1) is 23.4 Å². The van der Waals surface area contributed by atoms with E-state index in [9.17, 15) is 8.42 Å². The molecule has 0 fully saturated rings. The zero-order chi connectivity index (χ0) is 32.5. The Labute approximate surface area is 275 Å². The number of nitrogens with one attached hydrogen (secondary N) is 1. The summed E-state index contributed by atoms with van der Waals surface area (Å²) in [5.41, 5.74) is 8.58. The Bertz CT molecular complexity index is 1920. The van der Waals surface area contributed by atoms with Crippen molar-refractivity contribution >= 4 is 10.0 Å². The average Bonchev–Trinajstić information content (AvgIpc) is 3.10. The summed E-state index contributed by atoms with van der Waals surface area (Å²) < 4.78 is 50.2. The zero-order valence-electron chi connectivity index (χ0n) is 25.5. The van der Waals surface area contributed by atoms with E-state index in [0.29, 0.717) is 28.6 Å². The maximum absolute atomic E-state index is 14.2. The molecule has 6 aromatic rings. The minimum absolute atomic E-state index is 0.268. The molecule has 0 aliphatic carbocycles. The van der Waals surface area contributed by atoms with Gasteiger partial charge in [-0.1, -0.05) is 115 Å². The van der Waals surface area contributed by atoms with Gasteiger partial charge in [-0.05, 0) is 47.5 Å². The third kappa shape index (κ3) is 8.45. The van der Waals surface area contributed by atoms with Crippen LogP contribution in [0.3, 0.4) is 0 Å². The average molecular weight is 643 g/mol. The molecule has 236 valence electrons. The lowest BCUT2D eigenvalue weighted by atomic mass is 9.95. The first-order chi connectivity index (χ1) is 22.9. The molecule has 2 unspecified atom stereocenters. The number of ether oxygens (including phenoxy) is 3. The van der Waals surface area contributed by atoms with Crippen LogP contribution in [0.4, 0.5) is 0 Å². The van der Waals surface area contributed by atoms with Gasteiger partial charge in [0.25, 0.3) is 0 Å². The fourth-order valence-corrected chi connectivity index (χ4v) is 6.55. The molecular formula is C39H34N2O5S. The second-order valence-electron chi connectivity index (χ2n) is 10.8. The van der Waals surface area contributed by atoms with Crippen LogP contribution in [0.5, 0.6) is 34.5 Å². The molecule has 0 saturated carbocycles. The number of hydrogen-bond donors (Lipinski definition) is 2. The summed E-state index contributed by atoms with van der Waals surface area (Å²) in [7, 11) is -4.07. The monoisotopic (exact) mass is 642 g/mol. The maximum Gasteiger partial charge on any atom is 0.216 e. The molecule has 47 heavy (non-hydrogen) atoms. The van der Waals surface area contributed by atoms with Gasteiger partial charge in [0.2, 0.25) is 10.0 Å². The van der Waals surface area contributed by atoms with Gasteiger partial charge in [-0.3, -0.25) is 0 Å². The Kier molecular flexibility index (Phi) is 9.93. The van der Waals surface area contributed by atoms with E-state index in [2.05, 4.69) is 4.72 Å². The molecule has 0 aliphatic heterocycles. The Morgan fingerprint density at radius 3 is 1.34 bits per heavy atom. The van der Waals surface area contributed by atoms with Crippen LogP contribution in [0.25, 0.3) is 0 Å². The summed E-state index contributed by atoms with van der Waals surface area (Å²) in [5.74, 6) is 2.13. The second kappa shape index (κ2) is 14.8. The first-order valence-electron chi connectivity index (χ1n) is 15.1. The quantitative estimate of drug-likeness (QED) is 0.131. The summed E-state index contributed by atoms with van der Waals surface area (Å²) in [4.78, 5) is 0. The first-order valence-corrected chi connectivity index (χ1v) is 16.8. The van der Waals surface area contributed by atoms with Crippen molar-refractivity contribution in [3.63, 3.8) is 0 Å². The van der Waals surface area contributed by atoms with E-state index in [1.165, 1.54) is 0 Å². The van der Waals surface area contributed by atoms with Crippen LogP contribution in [-0.2, 0) is 15.8 Å². The molecule has 0 saturated heterocycles. The number of benzene rings is 6. The lowest BCUT2D eigenvalue weighted by Gasteiger charge is -2.26. The number of nitrogens with two attached hydrogens (primary N) is 1. The van der Waals surface area contributed by atoms with Crippen molar-refractivity contribution in [3.8, 4) is 34.5 Å². The Morgan fingerprint density at radius 2 is 0.894 bits per heavy atom. The zero-order valence-corrected chi connectivity index (χ0v) is 26.3. The van der Waals surface area contributed by atoms with Crippen molar-refractivity contribution in [3.05, 3.63) is 180 Å². The minimum atomic E-state index is -4.07. The smallest absolute Gasteiger partial charge is 0.216 e. The highest BCUT2D eigenvalue weighted by Crippen LogP contribution is 2.41. The molecule has 7 nitrogen and oxygen atoms in total. The van der Waals surface area contributed by atoms with E-state index < -0.39 is 27.9 Å². The van der Waals surface area contributed by atoms with Crippen LogP contribution in [0.2, 0.25) is 0 Å². The van der Waals surface area contributed by atoms with Crippen LogP contribution in [0, 0.1) is 0 Å². The van der Waals surface area contributed by atoms with Gasteiger partial charge in [-0.25, -0.2) is 13.1 Å². The topological polar surface area (TPSA) is 99.9 Å². The van der Waals surface area contributed by atoms with Crippen molar-refractivity contribution in [2.75, 3.05) is 0 Å². The molecule has 0 aromatic heterocycles. The predicted molar refractivity (Wildman–Crippen MR) is 184 cm³/mol. The number of para-hydroxylation sites is 3. The molecule has 0 aliphatic rings. The van der Waals surface area contributed by atoms with Crippen molar-refractivity contribution < 1.29 is 22.6 Å². The number of hydrogen-bond acceptors (Lipinski definition) is 6. The van der Waals surface area contributed by atoms with Gasteiger partial charge in [0.15, 0.2) is 0 Å². The Hall–Kier alpha value is -5.41. The van der Waals surface area contributed by atoms with Gasteiger partial charge < -0.3 is 19.9 Å². The molecule has 0 radical (unpaired) electrons. The molecule has 6 rings (SSSR count). The summed E-state index contributed by atoms with van der Waals surface area (Å²) in [6.45, 7) is 0. The Morgan fingerprint density at radius 1 is 0.511 bits per heavy atom. The highest BCUT2D eigenvalue weighted by Gasteiger charge is 2.29. The fourth-order valence-electron chi connectivity index (χ4n) is 5.14. The van der Waals surface area contributed by atoms with E-state index in [4.69, 9.17) is 19.9 Å². The second-order valence-corrected chi connectivity index (χ2v) is 12.6. The summed E-state index contributed by atoms with van der Waals surface area (Å²) in [5, 5.41) is 0. The van der Waals surface area contributed by atoms with Crippen LogP contribution in [0.15, 0.2) is 164 Å². The number of sulfonamides is 1. The van der Waals surface area contributed by atoms with E-state index in [1.807, 2.05) is 127 Å². The summed E-state index contributed by atoms with van der Waals surface area (Å²) in [6.07, 6.45) is 0. The normalized spacial score (nSPS) is 12.5. The van der Waals surface area contributed by atoms with Gasteiger partial charge in [-0.15, -0.1) is 0 Å². The van der Waals surface area contributed by atoms with Gasteiger partial charge in [0.1, 0.15) is 34.5 Å². The largest absolute Gasteiger partial charge is 0.457 e. The molecule has 3 N–H and O–H groups in total. The molecule has 0 spiro atoms. The van der Waals surface area contributed by atoms with Crippen molar-refractivity contribution in [2.45, 2.75) is 17.8 Å². The van der Waals surface area contributed by atoms with Crippen molar-refractivity contribution in [2.24, 2.45) is 5.73 Å². The maximum atomic E-state index is 14.2. The molecular weight excluding hydrogens is 609 g/mol. The van der Waals surface area contributed by atoms with E-state index in [-0.39, 0.29) is 11.5 Å². The third-order valence-corrected chi connectivity index (χ3v) is 8.69. The molecule has 0 heterocycles. The fraction of sp³-hybridized carbons (Fsp3) is 0.0769. The molecule has 0 amide bonds. The van der Waals surface area contributed by atoms with E-state index in [0.717, 1.165) is 11.1 Å². The number of rotatable bonds is 13. The van der Waals surface area contributed by atoms with Crippen molar-refractivity contribution in [1.29, 1.82) is 0 Å². The predicted octanol–water partition coefficient (Wildman–Crippen LogP) is 8.92. The highest BCUT2D eigenvalue weighted by molar-refractivity contribution is 7.88. The standard InChI is InChI=1S/C39H34N2O5S/c40-38(29-16-6-1-7-17-29)39(30-18-8-2-9-19-30)41-47(42,43)28-35-36(45-32-22-12-4-13-23-32)26-34(44-31-20-10-3-11-21-31)27-37(35)46-33-24-14-5-15-25-33/h1-27,38-39,41H,28,40H2. The lowest BCUT2D eigenvalue weighted by molar-refractivity contribution is 0.432. The minimum Gasteiger partial charge on any atom is -0.457 e.